The van der Waals surface area contributed by atoms with Gasteiger partial charge in [-0.1, -0.05) is 42.3 Å². The smallest absolute Gasteiger partial charge is 0.163 e. The second-order valence-electron chi connectivity index (χ2n) is 8.32. The number of aryl methyl sites for hydroxylation is 1. The van der Waals surface area contributed by atoms with E-state index in [1.807, 2.05) is 0 Å². The van der Waals surface area contributed by atoms with Gasteiger partial charge in [0.2, 0.25) is 0 Å². The highest BCUT2D eigenvalue weighted by atomic mass is 16.7. The fourth-order valence-corrected chi connectivity index (χ4v) is 5.11. The minimum Gasteiger partial charge on any atom is -0.349 e. The molecule has 2 nitrogen and oxygen atoms in total. The quantitative estimate of drug-likeness (QED) is 0.640. The number of allylic oxidation sites excluding steroid dienone is 1. The van der Waals surface area contributed by atoms with Crippen molar-refractivity contribution in [3.05, 3.63) is 46.5 Å². The maximum absolute atomic E-state index is 6.72. The Labute approximate surface area is 139 Å². The molecule has 2 heteroatoms. The van der Waals surface area contributed by atoms with Crippen LogP contribution in [0.1, 0.15) is 58.1 Å². The van der Waals surface area contributed by atoms with Crippen LogP contribution in [0.15, 0.2) is 35.4 Å². The Kier molecular flexibility index (Phi) is 3.31. The lowest BCUT2D eigenvalue weighted by molar-refractivity contribution is -0.353. The molecule has 1 fully saturated rings. The Balaban J connectivity index is 1.90. The molecular formula is C21H28O2. The first-order valence-electron chi connectivity index (χ1n) is 8.95. The van der Waals surface area contributed by atoms with Crippen LogP contribution in [0.5, 0.6) is 0 Å². The lowest BCUT2D eigenvalue weighted by atomic mass is 9.57. The molecule has 124 valence electrons. The molecule has 0 unspecified atom stereocenters. The molecule has 0 radical (unpaired) electrons. The minimum absolute atomic E-state index is 0.00160. The SMILES string of the molecule is CC1=C2CCc3ccccc3C[C@@]3(CC1)OC(C)(C)OC[C@@]23C. The summed E-state index contributed by atoms with van der Waals surface area (Å²) in [6.07, 6.45) is 5.53. The second kappa shape index (κ2) is 4.94. The molecule has 1 heterocycles. The third kappa shape index (κ3) is 2.22. The third-order valence-electron chi connectivity index (χ3n) is 6.48. The van der Waals surface area contributed by atoms with E-state index in [1.165, 1.54) is 11.1 Å². The van der Waals surface area contributed by atoms with Crippen molar-refractivity contribution in [1.29, 1.82) is 0 Å². The molecule has 1 aliphatic heterocycles. The van der Waals surface area contributed by atoms with E-state index in [0.717, 1.165) is 38.7 Å². The van der Waals surface area contributed by atoms with E-state index < -0.39 is 5.79 Å². The summed E-state index contributed by atoms with van der Waals surface area (Å²) in [5, 5.41) is 0. The average Bonchev–Trinajstić information content (AvgIpc) is 2.49. The maximum Gasteiger partial charge on any atom is 0.163 e. The van der Waals surface area contributed by atoms with E-state index in [2.05, 4.69) is 52.0 Å². The summed E-state index contributed by atoms with van der Waals surface area (Å²) >= 11 is 0. The summed E-state index contributed by atoms with van der Waals surface area (Å²) in [6, 6.07) is 8.93. The van der Waals surface area contributed by atoms with Crippen molar-refractivity contribution in [2.75, 3.05) is 6.61 Å². The Morgan fingerprint density at radius 1 is 0.957 bits per heavy atom. The summed E-state index contributed by atoms with van der Waals surface area (Å²) in [5.74, 6) is -0.496. The zero-order valence-corrected chi connectivity index (χ0v) is 14.9. The van der Waals surface area contributed by atoms with Crippen molar-refractivity contribution in [2.24, 2.45) is 5.41 Å². The van der Waals surface area contributed by atoms with Crippen LogP contribution in [-0.4, -0.2) is 18.0 Å². The Morgan fingerprint density at radius 3 is 2.48 bits per heavy atom. The molecule has 2 atom stereocenters. The molecule has 0 amide bonds. The van der Waals surface area contributed by atoms with Gasteiger partial charge in [0.25, 0.3) is 0 Å². The molecule has 0 N–H and O–H groups in total. The van der Waals surface area contributed by atoms with E-state index in [0.29, 0.717) is 0 Å². The van der Waals surface area contributed by atoms with Crippen LogP contribution >= 0.6 is 0 Å². The first-order chi connectivity index (χ1) is 10.9. The minimum atomic E-state index is -0.496. The summed E-state index contributed by atoms with van der Waals surface area (Å²) < 4.78 is 12.9. The zero-order chi connectivity index (χ0) is 16.3. The molecule has 1 aromatic rings. The highest BCUT2D eigenvalue weighted by Crippen LogP contribution is 2.57. The lowest BCUT2D eigenvalue weighted by Gasteiger charge is -2.60. The van der Waals surface area contributed by atoms with E-state index in [9.17, 15) is 0 Å². The largest absolute Gasteiger partial charge is 0.349 e. The molecule has 0 aromatic heterocycles. The van der Waals surface area contributed by atoms with E-state index in [1.54, 1.807) is 11.1 Å². The maximum atomic E-state index is 6.72. The van der Waals surface area contributed by atoms with Gasteiger partial charge in [0.05, 0.1) is 12.2 Å². The van der Waals surface area contributed by atoms with Crippen LogP contribution in [0.2, 0.25) is 0 Å². The van der Waals surface area contributed by atoms with Crippen LogP contribution in [-0.2, 0) is 22.3 Å². The molecule has 23 heavy (non-hydrogen) atoms. The predicted octanol–water partition coefficient (Wildman–Crippen LogP) is 4.81. The summed E-state index contributed by atoms with van der Waals surface area (Å²) in [6.45, 7) is 9.61. The highest BCUT2D eigenvalue weighted by Gasteiger charge is 2.59. The van der Waals surface area contributed by atoms with E-state index in [-0.39, 0.29) is 11.0 Å². The van der Waals surface area contributed by atoms with Gasteiger partial charge in [0.1, 0.15) is 0 Å². The van der Waals surface area contributed by atoms with Crippen molar-refractivity contribution in [3.8, 4) is 0 Å². The number of ether oxygens (including phenoxy) is 2. The fourth-order valence-electron chi connectivity index (χ4n) is 5.11. The molecular weight excluding hydrogens is 284 g/mol. The summed E-state index contributed by atoms with van der Waals surface area (Å²) in [5.41, 5.74) is 5.98. The first kappa shape index (κ1) is 15.4. The van der Waals surface area contributed by atoms with Crippen LogP contribution in [0.3, 0.4) is 0 Å². The van der Waals surface area contributed by atoms with Crippen molar-refractivity contribution < 1.29 is 9.47 Å². The number of rotatable bonds is 0. The Hall–Kier alpha value is -1.12. The van der Waals surface area contributed by atoms with Gasteiger partial charge in [-0.2, -0.15) is 0 Å². The van der Waals surface area contributed by atoms with Crippen molar-refractivity contribution in [2.45, 2.75) is 71.2 Å². The number of hydrogen-bond donors (Lipinski definition) is 0. The molecule has 2 bridgehead atoms. The Bertz CT molecular complexity index is 672. The van der Waals surface area contributed by atoms with Crippen LogP contribution in [0.25, 0.3) is 0 Å². The molecule has 2 aliphatic carbocycles. The number of hydrogen-bond acceptors (Lipinski definition) is 2. The monoisotopic (exact) mass is 312 g/mol. The normalized spacial score (nSPS) is 35.8. The van der Waals surface area contributed by atoms with Crippen molar-refractivity contribution in [3.63, 3.8) is 0 Å². The van der Waals surface area contributed by atoms with Gasteiger partial charge < -0.3 is 9.47 Å². The van der Waals surface area contributed by atoms with Gasteiger partial charge in [-0.15, -0.1) is 0 Å². The van der Waals surface area contributed by atoms with Crippen molar-refractivity contribution in [1.82, 2.24) is 0 Å². The van der Waals surface area contributed by atoms with Gasteiger partial charge in [-0.3, -0.25) is 0 Å². The van der Waals surface area contributed by atoms with Crippen LogP contribution < -0.4 is 0 Å². The fraction of sp³-hybridized carbons (Fsp3) is 0.619. The van der Waals surface area contributed by atoms with Crippen molar-refractivity contribution >= 4 is 0 Å². The number of benzene rings is 1. The average molecular weight is 312 g/mol. The van der Waals surface area contributed by atoms with Crippen LogP contribution in [0, 0.1) is 5.41 Å². The van der Waals surface area contributed by atoms with Gasteiger partial charge in [-0.25, -0.2) is 0 Å². The van der Waals surface area contributed by atoms with E-state index in [4.69, 9.17) is 9.47 Å². The summed E-state index contributed by atoms with van der Waals surface area (Å²) in [7, 11) is 0. The standard InChI is InChI=1S/C21H28O2/c1-15-11-12-21-13-17-8-6-5-7-16(17)9-10-18(15)20(21,4)14-22-19(2,3)23-21/h5-8H,9-14H2,1-4H3/t20-,21+/m0/s1. The first-order valence-corrected chi connectivity index (χ1v) is 8.95. The van der Waals surface area contributed by atoms with E-state index >= 15 is 0 Å². The molecule has 0 saturated carbocycles. The van der Waals surface area contributed by atoms with Crippen LogP contribution in [0.4, 0.5) is 0 Å². The predicted molar refractivity (Wildman–Crippen MR) is 92.4 cm³/mol. The molecule has 4 rings (SSSR count). The molecule has 3 aliphatic rings. The van der Waals surface area contributed by atoms with Gasteiger partial charge in [-0.05, 0) is 57.6 Å². The number of fused-ring (bicyclic) bond motifs is 1. The molecule has 0 spiro atoms. The summed E-state index contributed by atoms with van der Waals surface area (Å²) in [4.78, 5) is 0. The second-order valence-corrected chi connectivity index (χ2v) is 8.32. The molecule has 1 saturated heterocycles. The van der Waals surface area contributed by atoms with Gasteiger partial charge >= 0.3 is 0 Å². The van der Waals surface area contributed by atoms with Gasteiger partial charge in [0, 0.05) is 11.8 Å². The zero-order valence-electron chi connectivity index (χ0n) is 14.9. The van der Waals surface area contributed by atoms with Gasteiger partial charge in [0.15, 0.2) is 5.79 Å². The topological polar surface area (TPSA) is 18.5 Å². The highest BCUT2D eigenvalue weighted by molar-refractivity contribution is 5.39. The molecule has 1 aromatic carbocycles. The lowest BCUT2D eigenvalue weighted by Crippen LogP contribution is -2.64. The Morgan fingerprint density at radius 2 is 1.70 bits per heavy atom. The third-order valence-corrected chi connectivity index (χ3v) is 6.48.